The molecule has 28 heavy (non-hydrogen) atoms. The van der Waals surface area contributed by atoms with E-state index < -0.39 is 0 Å². The molecule has 0 atom stereocenters. The first-order valence-corrected chi connectivity index (χ1v) is 9.29. The number of rotatable bonds is 7. The zero-order chi connectivity index (χ0) is 20.7. The highest BCUT2D eigenvalue weighted by Crippen LogP contribution is 2.40. The van der Waals surface area contributed by atoms with Crippen LogP contribution in [0.4, 0.5) is 10.1 Å². The third-order valence-electron chi connectivity index (χ3n) is 4.23. The van der Waals surface area contributed by atoms with Gasteiger partial charge in [0, 0.05) is 11.8 Å². The molecule has 2 aromatic rings. The van der Waals surface area contributed by atoms with Crippen molar-refractivity contribution in [2.75, 3.05) is 7.11 Å². The standard InChI is InChI=1S/C24H27FN2O/c1-7-10-22(26-8-2)17(5)27-24-21(16(3)4)14-19(15-23(24)28-6)18-11-9-12-20(25)13-18/h8-15H,3,7H2,1-2,4-6H3/b22-10-,26-8?,27-17?. The lowest BCUT2D eigenvalue weighted by Gasteiger charge is -2.15. The molecule has 0 heterocycles. The maximum Gasteiger partial charge on any atom is 0.145 e. The molecule has 2 rings (SSSR count). The Labute approximate surface area is 167 Å². The number of hydrogen-bond acceptors (Lipinski definition) is 3. The van der Waals surface area contributed by atoms with E-state index in [1.54, 1.807) is 19.4 Å². The Morgan fingerprint density at radius 1 is 1.18 bits per heavy atom. The fourth-order valence-electron chi connectivity index (χ4n) is 2.89. The average molecular weight is 378 g/mol. The Morgan fingerprint density at radius 3 is 2.50 bits per heavy atom. The van der Waals surface area contributed by atoms with Crippen LogP contribution in [0.25, 0.3) is 16.7 Å². The van der Waals surface area contributed by atoms with E-state index in [-0.39, 0.29) is 5.82 Å². The van der Waals surface area contributed by atoms with Gasteiger partial charge in [-0.3, -0.25) is 4.99 Å². The number of allylic oxidation sites excluding steroid dienone is 3. The van der Waals surface area contributed by atoms with Crippen LogP contribution in [-0.4, -0.2) is 19.0 Å². The van der Waals surface area contributed by atoms with Gasteiger partial charge in [0.15, 0.2) is 0 Å². The third kappa shape index (κ3) is 5.03. The van der Waals surface area contributed by atoms with Gasteiger partial charge in [0.1, 0.15) is 17.3 Å². The van der Waals surface area contributed by atoms with Crippen molar-refractivity contribution in [1.29, 1.82) is 0 Å². The predicted molar refractivity (Wildman–Crippen MR) is 118 cm³/mol. The van der Waals surface area contributed by atoms with Crippen LogP contribution < -0.4 is 4.74 Å². The van der Waals surface area contributed by atoms with Crippen LogP contribution in [0.3, 0.4) is 0 Å². The Bertz CT molecular complexity index is 955. The topological polar surface area (TPSA) is 34.0 Å². The summed E-state index contributed by atoms with van der Waals surface area (Å²) < 4.78 is 19.3. The summed E-state index contributed by atoms with van der Waals surface area (Å²) in [6.45, 7) is 11.9. The van der Waals surface area contributed by atoms with Crippen LogP contribution in [0.2, 0.25) is 0 Å². The number of ether oxygens (including phenoxy) is 1. The molecule has 0 N–H and O–H groups in total. The maximum absolute atomic E-state index is 13.7. The second kappa shape index (κ2) is 9.79. The molecular weight excluding hydrogens is 351 g/mol. The zero-order valence-corrected chi connectivity index (χ0v) is 17.2. The van der Waals surface area contributed by atoms with Gasteiger partial charge in [-0.15, -0.1) is 0 Å². The highest BCUT2D eigenvalue weighted by atomic mass is 19.1. The van der Waals surface area contributed by atoms with E-state index in [0.717, 1.165) is 40.1 Å². The summed E-state index contributed by atoms with van der Waals surface area (Å²) in [4.78, 5) is 9.23. The summed E-state index contributed by atoms with van der Waals surface area (Å²) in [5, 5.41) is 0. The molecule has 0 unspecified atom stereocenters. The quantitative estimate of drug-likeness (QED) is 0.477. The van der Waals surface area contributed by atoms with Crippen LogP contribution in [0.5, 0.6) is 5.75 Å². The lowest BCUT2D eigenvalue weighted by atomic mass is 9.97. The van der Waals surface area contributed by atoms with E-state index in [4.69, 9.17) is 9.73 Å². The van der Waals surface area contributed by atoms with E-state index in [9.17, 15) is 4.39 Å². The van der Waals surface area contributed by atoms with Crippen molar-refractivity contribution in [2.45, 2.75) is 34.1 Å². The first-order valence-electron chi connectivity index (χ1n) is 9.29. The lowest BCUT2D eigenvalue weighted by Crippen LogP contribution is -1.97. The van der Waals surface area contributed by atoms with Crippen LogP contribution in [0.1, 0.15) is 39.7 Å². The van der Waals surface area contributed by atoms with Crippen molar-refractivity contribution in [1.82, 2.24) is 0 Å². The molecule has 0 amide bonds. The number of aliphatic imine (C=N–C) groups is 2. The lowest BCUT2D eigenvalue weighted by molar-refractivity contribution is 0.416. The SMILES string of the molecule is C=C(C)c1cc(-c2cccc(F)c2)cc(OC)c1N=C(C)/C(=C/CC)N=CC. The Kier molecular flexibility index (Phi) is 7.44. The Morgan fingerprint density at radius 2 is 1.93 bits per heavy atom. The number of nitrogens with zero attached hydrogens (tertiary/aromatic N) is 2. The van der Waals surface area contributed by atoms with Gasteiger partial charge in [0.05, 0.1) is 18.5 Å². The van der Waals surface area contributed by atoms with Gasteiger partial charge in [-0.25, -0.2) is 9.38 Å². The minimum atomic E-state index is -0.280. The Hall–Kier alpha value is -3.01. The van der Waals surface area contributed by atoms with E-state index in [2.05, 4.69) is 18.5 Å². The number of methoxy groups -OCH3 is 1. The highest BCUT2D eigenvalue weighted by molar-refractivity contribution is 6.01. The summed E-state index contributed by atoms with van der Waals surface area (Å²) >= 11 is 0. The molecule has 0 radical (unpaired) electrons. The summed E-state index contributed by atoms with van der Waals surface area (Å²) in [7, 11) is 1.61. The molecule has 2 aromatic carbocycles. The molecule has 0 spiro atoms. The van der Waals surface area contributed by atoms with Gasteiger partial charge in [-0.05, 0) is 68.2 Å². The molecule has 0 bridgehead atoms. The monoisotopic (exact) mass is 378 g/mol. The molecule has 0 fully saturated rings. The van der Waals surface area contributed by atoms with Gasteiger partial charge in [0.25, 0.3) is 0 Å². The molecule has 0 saturated carbocycles. The van der Waals surface area contributed by atoms with Gasteiger partial charge >= 0.3 is 0 Å². The average Bonchev–Trinajstić information content (AvgIpc) is 2.67. The zero-order valence-electron chi connectivity index (χ0n) is 17.2. The molecular formula is C24H27FN2O. The van der Waals surface area contributed by atoms with Gasteiger partial charge in [-0.1, -0.05) is 31.7 Å². The van der Waals surface area contributed by atoms with E-state index in [1.807, 2.05) is 45.0 Å². The van der Waals surface area contributed by atoms with Gasteiger partial charge in [-0.2, -0.15) is 0 Å². The summed E-state index contributed by atoms with van der Waals surface area (Å²) in [5.74, 6) is 0.327. The number of halogens is 1. The summed E-state index contributed by atoms with van der Waals surface area (Å²) in [5.41, 5.74) is 5.64. The van der Waals surface area contributed by atoms with E-state index in [0.29, 0.717) is 11.4 Å². The molecule has 146 valence electrons. The molecule has 3 nitrogen and oxygen atoms in total. The predicted octanol–water partition coefficient (Wildman–Crippen LogP) is 7.01. The summed E-state index contributed by atoms with van der Waals surface area (Å²) in [6.07, 6.45) is 4.65. The van der Waals surface area contributed by atoms with E-state index >= 15 is 0 Å². The van der Waals surface area contributed by atoms with Crippen LogP contribution in [0.15, 0.2) is 64.7 Å². The highest BCUT2D eigenvalue weighted by Gasteiger charge is 2.14. The molecule has 4 heteroatoms. The number of hydrogen-bond donors (Lipinski definition) is 0. The normalized spacial score (nSPS) is 12.5. The van der Waals surface area contributed by atoms with Gasteiger partial charge in [0.2, 0.25) is 0 Å². The minimum absolute atomic E-state index is 0.280. The minimum Gasteiger partial charge on any atom is -0.494 e. The molecule has 0 aromatic heterocycles. The molecule has 0 aliphatic carbocycles. The first kappa shape index (κ1) is 21.3. The largest absolute Gasteiger partial charge is 0.494 e. The third-order valence-corrected chi connectivity index (χ3v) is 4.23. The molecule has 0 aliphatic heterocycles. The van der Waals surface area contributed by atoms with Crippen LogP contribution in [-0.2, 0) is 0 Å². The molecule has 0 aliphatic rings. The number of benzene rings is 2. The smallest absolute Gasteiger partial charge is 0.145 e. The second-order valence-corrected chi connectivity index (χ2v) is 6.45. The van der Waals surface area contributed by atoms with Crippen LogP contribution >= 0.6 is 0 Å². The molecule has 0 saturated heterocycles. The maximum atomic E-state index is 13.7. The van der Waals surface area contributed by atoms with E-state index in [1.165, 1.54) is 12.1 Å². The Balaban J connectivity index is 2.69. The van der Waals surface area contributed by atoms with Crippen molar-refractivity contribution in [3.05, 3.63) is 66.1 Å². The van der Waals surface area contributed by atoms with Crippen molar-refractivity contribution in [3.63, 3.8) is 0 Å². The van der Waals surface area contributed by atoms with Gasteiger partial charge < -0.3 is 4.74 Å². The van der Waals surface area contributed by atoms with Crippen LogP contribution in [0, 0.1) is 5.82 Å². The van der Waals surface area contributed by atoms with Crippen molar-refractivity contribution in [3.8, 4) is 16.9 Å². The fraction of sp³-hybridized carbons (Fsp3) is 0.250. The summed E-state index contributed by atoms with van der Waals surface area (Å²) in [6, 6.07) is 10.3. The van der Waals surface area contributed by atoms with Crippen molar-refractivity contribution >= 4 is 23.2 Å². The van der Waals surface area contributed by atoms with Crippen molar-refractivity contribution in [2.24, 2.45) is 9.98 Å². The van der Waals surface area contributed by atoms with Crippen molar-refractivity contribution < 1.29 is 9.13 Å². The first-order chi connectivity index (χ1) is 13.4. The second-order valence-electron chi connectivity index (χ2n) is 6.45. The fourth-order valence-corrected chi connectivity index (χ4v) is 2.89.